The molecule has 0 spiro atoms. The molecule has 1 aromatic heterocycles. The van der Waals surface area contributed by atoms with Gasteiger partial charge in [0, 0.05) is 48.2 Å². The summed E-state index contributed by atoms with van der Waals surface area (Å²) in [6.07, 6.45) is 1.21. The molecule has 2 N–H and O–H groups in total. The van der Waals surface area contributed by atoms with E-state index in [9.17, 15) is 28.2 Å². The normalized spacial score (nSPS) is 14.6. The van der Waals surface area contributed by atoms with E-state index in [-0.39, 0.29) is 28.4 Å². The second-order valence-corrected chi connectivity index (χ2v) is 8.29. The number of halogens is 3. The molecule has 0 amide bonds. The number of hydrogen-bond donors (Lipinski definition) is 2. The van der Waals surface area contributed by atoms with E-state index in [1.807, 2.05) is 0 Å². The Morgan fingerprint density at radius 3 is 2.44 bits per heavy atom. The maximum absolute atomic E-state index is 14.5. The zero-order valence-electron chi connectivity index (χ0n) is 17.9. The Morgan fingerprint density at radius 2 is 1.74 bits per heavy atom. The number of fused-ring (bicyclic) bond motifs is 1. The van der Waals surface area contributed by atoms with Crippen molar-refractivity contribution in [3.63, 3.8) is 0 Å². The lowest BCUT2D eigenvalue weighted by molar-refractivity contribution is 0.0697. The molecule has 0 atom stereocenters. The average molecular weight is 467 g/mol. The Labute approximate surface area is 192 Å². The number of phenols is 1. The Bertz CT molecular complexity index is 1420. The monoisotopic (exact) mass is 467 g/mol. The topological polar surface area (TPSA) is 71.7 Å². The Hall–Kier alpha value is -3.78. The number of nitrogens with zero attached hydrogens (tertiary/aromatic N) is 1. The van der Waals surface area contributed by atoms with Gasteiger partial charge in [-0.3, -0.25) is 0 Å². The molecule has 34 heavy (non-hydrogen) atoms. The summed E-state index contributed by atoms with van der Waals surface area (Å²) in [4.78, 5) is 11.6. The highest BCUT2D eigenvalue weighted by molar-refractivity contribution is 6.04. The Balaban J connectivity index is 1.93. The smallest absolute Gasteiger partial charge is 0.335 e. The van der Waals surface area contributed by atoms with Gasteiger partial charge in [0.2, 0.25) is 0 Å². The number of aromatic nitrogens is 1. The van der Waals surface area contributed by atoms with E-state index in [0.29, 0.717) is 48.3 Å². The molecule has 0 unspecified atom stereocenters. The number of benzene rings is 3. The van der Waals surface area contributed by atoms with E-state index in [1.54, 1.807) is 16.7 Å². The summed E-state index contributed by atoms with van der Waals surface area (Å²) in [5.41, 5.74) is 2.25. The minimum absolute atomic E-state index is 0.0470. The first-order valence-electron chi connectivity index (χ1n) is 10.8. The average Bonchev–Trinajstić information content (AvgIpc) is 3.17. The first-order valence-corrected chi connectivity index (χ1v) is 10.8. The first kappa shape index (κ1) is 22.0. The molecule has 0 aliphatic carbocycles. The van der Waals surface area contributed by atoms with Gasteiger partial charge in [-0.15, -0.1) is 0 Å². The number of phenolic OH excluding ortho intramolecular Hbond substituents is 1. The van der Waals surface area contributed by atoms with Crippen LogP contribution in [0.3, 0.4) is 0 Å². The summed E-state index contributed by atoms with van der Waals surface area (Å²) in [5, 5.41) is 20.6. The van der Waals surface area contributed by atoms with Crippen molar-refractivity contribution < 1.29 is 32.9 Å². The third-order valence-electron chi connectivity index (χ3n) is 6.22. The predicted molar refractivity (Wildman–Crippen MR) is 120 cm³/mol. The molecule has 1 aliphatic rings. The van der Waals surface area contributed by atoms with E-state index in [0.717, 1.165) is 18.2 Å². The van der Waals surface area contributed by atoms with Crippen molar-refractivity contribution in [2.75, 3.05) is 13.2 Å². The van der Waals surface area contributed by atoms with E-state index in [4.69, 9.17) is 4.74 Å². The molecule has 4 aromatic rings. The van der Waals surface area contributed by atoms with Crippen molar-refractivity contribution >= 4 is 16.9 Å². The minimum Gasteiger partial charge on any atom is -0.507 e. The highest BCUT2D eigenvalue weighted by Crippen LogP contribution is 2.46. The van der Waals surface area contributed by atoms with Gasteiger partial charge in [-0.1, -0.05) is 12.1 Å². The third-order valence-corrected chi connectivity index (χ3v) is 6.22. The van der Waals surface area contributed by atoms with Crippen LogP contribution >= 0.6 is 0 Å². The fourth-order valence-corrected chi connectivity index (χ4v) is 4.74. The van der Waals surface area contributed by atoms with E-state index in [2.05, 4.69) is 0 Å². The SMILES string of the molecule is O=C(O)c1cccc(-c2c(C3CCOCC3)n(-c3ccc(F)c(F)c3)c3cc(F)cc(O)c23)c1. The number of rotatable bonds is 4. The van der Waals surface area contributed by atoms with Gasteiger partial charge < -0.3 is 19.5 Å². The van der Waals surface area contributed by atoms with Crippen LogP contribution in [-0.2, 0) is 4.74 Å². The molecule has 1 saturated heterocycles. The summed E-state index contributed by atoms with van der Waals surface area (Å²) in [5.74, 6) is -4.35. The fourth-order valence-electron chi connectivity index (χ4n) is 4.74. The molecule has 3 aromatic carbocycles. The maximum atomic E-state index is 14.5. The third kappa shape index (κ3) is 3.70. The summed E-state index contributed by atoms with van der Waals surface area (Å²) in [6.45, 7) is 0.942. The van der Waals surface area contributed by atoms with Gasteiger partial charge in [0.25, 0.3) is 0 Å². The Morgan fingerprint density at radius 1 is 0.971 bits per heavy atom. The van der Waals surface area contributed by atoms with Crippen LogP contribution in [0.25, 0.3) is 27.7 Å². The van der Waals surface area contributed by atoms with Crippen molar-refractivity contribution in [1.82, 2.24) is 4.57 Å². The highest BCUT2D eigenvalue weighted by atomic mass is 19.2. The molecule has 174 valence electrons. The standard InChI is InChI=1S/C26H20F3NO4/c27-17-11-21-24(22(31)12-17)23(15-2-1-3-16(10-15)26(32)33)25(14-6-8-34-9-7-14)30(21)18-4-5-19(28)20(29)13-18/h1-5,10-14,31H,6-9H2,(H,32,33). The molecule has 8 heteroatoms. The Kier molecular flexibility index (Phi) is 5.53. The van der Waals surface area contributed by atoms with E-state index in [1.165, 1.54) is 24.3 Å². The van der Waals surface area contributed by atoms with Gasteiger partial charge in [0.05, 0.1) is 16.5 Å². The molecular weight excluding hydrogens is 447 g/mol. The number of carbonyl (C=O) groups is 1. The zero-order chi connectivity index (χ0) is 24.0. The molecule has 0 saturated carbocycles. The van der Waals surface area contributed by atoms with Gasteiger partial charge >= 0.3 is 5.97 Å². The van der Waals surface area contributed by atoms with Crippen LogP contribution in [0.15, 0.2) is 54.6 Å². The van der Waals surface area contributed by atoms with Gasteiger partial charge in [0.1, 0.15) is 11.6 Å². The van der Waals surface area contributed by atoms with Gasteiger partial charge in [-0.2, -0.15) is 0 Å². The second-order valence-electron chi connectivity index (χ2n) is 8.29. The molecule has 2 heterocycles. The number of ether oxygens (including phenoxy) is 1. The van der Waals surface area contributed by atoms with Crippen LogP contribution < -0.4 is 0 Å². The van der Waals surface area contributed by atoms with E-state index >= 15 is 0 Å². The van der Waals surface area contributed by atoms with Crippen LogP contribution in [0.2, 0.25) is 0 Å². The van der Waals surface area contributed by atoms with Gasteiger partial charge in [-0.25, -0.2) is 18.0 Å². The fraction of sp³-hybridized carbons (Fsp3) is 0.192. The lowest BCUT2D eigenvalue weighted by Crippen LogP contribution is -2.17. The summed E-state index contributed by atoms with van der Waals surface area (Å²) in [7, 11) is 0. The van der Waals surface area contributed by atoms with Crippen LogP contribution in [0.1, 0.15) is 34.8 Å². The molecular formula is C26H20F3NO4. The molecule has 0 radical (unpaired) electrons. The predicted octanol–water partition coefficient (Wildman–Crippen LogP) is 6.01. The quantitative estimate of drug-likeness (QED) is 0.386. The summed E-state index contributed by atoms with van der Waals surface area (Å²) < 4.78 is 49.6. The number of aromatic carboxylic acids is 1. The summed E-state index contributed by atoms with van der Waals surface area (Å²) >= 11 is 0. The van der Waals surface area contributed by atoms with Crippen LogP contribution in [0.5, 0.6) is 5.75 Å². The number of hydrogen-bond acceptors (Lipinski definition) is 3. The minimum atomic E-state index is -1.12. The zero-order valence-corrected chi connectivity index (χ0v) is 17.9. The molecule has 5 nitrogen and oxygen atoms in total. The largest absolute Gasteiger partial charge is 0.507 e. The maximum Gasteiger partial charge on any atom is 0.335 e. The molecule has 5 rings (SSSR count). The van der Waals surface area contributed by atoms with Crippen molar-refractivity contribution in [2.24, 2.45) is 0 Å². The van der Waals surface area contributed by atoms with Crippen molar-refractivity contribution in [1.29, 1.82) is 0 Å². The lowest BCUT2D eigenvalue weighted by atomic mass is 9.89. The van der Waals surface area contributed by atoms with Gasteiger partial charge in [-0.05, 0) is 48.7 Å². The molecule has 1 aliphatic heterocycles. The number of carboxylic acid groups (broad SMARTS) is 1. The second kappa shape index (κ2) is 8.53. The van der Waals surface area contributed by atoms with Gasteiger partial charge in [0.15, 0.2) is 11.6 Å². The number of carboxylic acids is 1. The molecule has 1 fully saturated rings. The van der Waals surface area contributed by atoms with Crippen molar-refractivity contribution in [3.05, 3.63) is 83.3 Å². The van der Waals surface area contributed by atoms with Crippen LogP contribution in [0, 0.1) is 17.5 Å². The lowest BCUT2D eigenvalue weighted by Gasteiger charge is -2.26. The van der Waals surface area contributed by atoms with Crippen molar-refractivity contribution in [2.45, 2.75) is 18.8 Å². The van der Waals surface area contributed by atoms with E-state index < -0.39 is 23.4 Å². The van der Waals surface area contributed by atoms with Crippen LogP contribution in [-0.4, -0.2) is 34.0 Å². The van der Waals surface area contributed by atoms with Crippen LogP contribution in [0.4, 0.5) is 13.2 Å². The summed E-state index contributed by atoms with van der Waals surface area (Å²) in [6, 6.07) is 11.9. The number of aromatic hydroxyl groups is 1. The highest BCUT2D eigenvalue weighted by Gasteiger charge is 2.30. The molecule has 0 bridgehead atoms. The van der Waals surface area contributed by atoms with Crippen molar-refractivity contribution in [3.8, 4) is 22.6 Å². The first-order chi connectivity index (χ1) is 16.3.